The van der Waals surface area contributed by atoms with Crippen LogP contribution in [0.2, 0.25) is 0 Å². The molecule has 1 aliphatic heterocycles. The largest absolute Gasteiger partial charge is 0.355 e. The Kier molecular flexibility index (Phi) is 5.67. The van der Waals surface area contributed by atoms with Crippen molar-refractivity contribution in [3.8, 4) is 0 Å². The molecule has 154 valence electrons. The van der Waals surface area contributed by atoms with Gasteiger partial charge in [0.2, 0.25) is 5.91 Å². The van der Waals surface area contributed by atoms with Gasteiger partial charge in [0.25, 0.3) is 5.56 Å². The summed E-state index contributed by atoms with van der Waals surface area (Å²) < 4.78 is 3.13. The van der Waals surface area contributed by atoms with E-state index < -0.39 is 0 Å². The molecule has 4 rings (SSSR count). The molecule has 7 nitrogen and oxygen atoms in total. The zero-order valence-electron chi connectivity index (χ0n) is 17.2. The number of hydrogen-bond acceptors (Lipinski definition) is 4. The zero-order valence-corrected chi connectivity index (χ0v) is 17.2. The highest BCUT2D eigenvalue weighted by atomic mass is 16.2. The second kappa shape index (κ2) is 8.37. The molecule has 1 aromatic carbocycles. The van der Waals surface area contributed by atoms with Gasteiger partial charge < -0.3 is 14.8 Å². The molecule has 0 spiro atoms. The fourth-order valence-corrected chi connectivity index (χ4v) is 4.41. The molecule has 7 heteroatoms. The van der Waals surface area contributed by atoms with Crippen LogP contribution in [0.1, 0.15) is 32.6 Å². The number of nitrogens with one attached hydrogen (secondary N) is 1. The Morgan fingerprint density at radius 3 is 2.90 bits per heavy atom. The summed E-state index contributed by atoms with van der Waals surface area (Å²) in [6, 6.07) is 8.41. The Morgan fingerprint density at radius 1 is 1.24 bits per heavy atom. The lowest BCUT2D eigenvalue weighted by Gasteiger charge is -2.33. The van der Waals surface area contributed by atoms with Gasteiger partial charge in [-0.1, -0.05) is 24.6 Å². The van der Waals surface area contributed by atoms with Crippen LogP contribution in [0.3, 0.4) is 0 Å². The molecule has 1 fully saturated rings. The minimum Gasteiger partial charge on any atom is -0.355 e. The van der Waals surface area contributed by atoms with Crippen molar-refractivity contribution in [2.24, 2.45) is 7.05 Å². The predicted octanol–water partition coefficient (Wildman–Crippen LogP) is 2.27. The summed E-state index contributed by atoms with van der Waals surface area (Å²) in [5.74, 6) is -0.0711. The highest BCUT2D eigenvalue weighted by Crippen LogP contribution is 2.26. The molecule has 0 radical (unpaired) electrons. The van der Waals surface area contributed by atoms with E-state index in [-0.39, 0.29) is 18.0 Å². The van der Waals surface area contributed by atoms with E-state index in [1.54, 1.807) is 13.2 Å². The van der Waals surface area contributed by atoms with E-state index in [9.17, 15) is 9.59 Å². The number of rotatable bonds is 6. The standard InChI is InChI=1S/C22H29N5O2/c1-16-8-5-6-12-26(16)13-7-11-23-20(28)15-27-19-10-4-3-9-17(19)18-14-24-25(2)22(29)21(18)27/h3-4,9-10,14,16H,5-8,11-13,15H2,1-2H3,(H,23,28)/t16-/m0/s1. The Labute approximate surface area is 170 Å². The van der Waals surface area contributed by atoms with Crippen molar-refractivity contribution in [2.75, 3.05) is 19.6 Å². The summed E-state index contributed by atoms with van der Waals surface area (Å²) in [6.07, 6.45) is 6.50. The third-order valence-corrected chi connectivity index (χ3v) is 6.05. The van der Waals surface area contributed by atoms with E-state index in [0.29, 0.717) is 18.1 Å². The summed E-state index contributed by atoms with van der Waals surface area (Å²) in [5, 5.41) is 8.91. The quantitative estimate of drug-likeness (QED) is 0.650. The maximum Gasteiger partial charge on any atom is 0.291 e. The van der Waals surface area contributed by atoms with Crippen molar-refractivity contribution in [1.29, 1.82) is 0 Å². The van der Waals surface area contributed by atoms with Crippen LogP contribution < -0.4 is 10.9 Å². The molecule has 29 heavy (non-hydrogen) atoms. The van der Waals surface area contributed by atoms with E-state index in [1.165, 1.54) is 23.9 Å². The van der Waals surface area contributed by atoms with Crippen molar-refractivity contribution in [2.45, 2.75) is 45.2 Å². The number of aromatic nitrogens is 3. The first kappa shape index (κ1) is 19.6. The number of nitrogens with zero attached hydrogens (tertiary/aromatic N) is 4. The molecule has 2 aromatic heterocycles. The summed E-state index contributed by atoms with van der Waals surface area (Å²) in [6.45, 7) is 5.24. The predicted molar refractivity (Wildman–Crippen MR) is 115 cm³/mol. The maximum atomic E-state index is 12.7. The van der Waals surface area contributed by atoms with Crippen molar-refractivity contribution >= 4 is 27.7 Å². The lowest BCUT2D eigenvalue weighted by molar-refractivity contribution is -0.121. The van der Waals surface area contributed by atoms with E-state index in [2.05, 4.69) is 22.2 Å². The number of aryl methyl sites for hydroxylation is 1. The van der Waals surface area contributed by atoms with Gasteiger partial charge >= 0.3 is 0 Å². The molecule has 1 N–H and O–H groups in total. The van der Waals surface area contributed by atoms with Crippen LogP contribution in [-0.2, 0) is 18.4 Å². The van der Waals surface area contributed by atoms with Crippen LogP contribution in [-0.4, -0.2) is 50.8 Å². The van der Waals surface area contributed by atoms with Crippen molar-refractivity contribution in [3.05, 3.63) is 40.8 Å². The number of benzene rings is 1. The second-order valence-corrected chi connectivity index (χ2v) is 8.02. The van der Waals surface area contributed by atoms with Gasteiger partial charge in [0.15, 0.2) is 0 Å². The van der Waals surface area contributed by atoms with E-state index in [0.717, 1.165) is 35.8 Å². The monoisotopic (exact) mass is 395 g/mol. The van der Waals surface area contributed by atoms with Crippen molar-refractivity contribution in [1.82, 2.24) is 24.6 Å². The van der Waals surface area contributed by atoms with Crippen LogP contribution >= 0.6 is 0 Å². The van der Waals surface area contributed by atoms with Crippen LogP contribution in [0.5, 0.6) is 0 Å². The number of amides is 1. The number of carbonyl (C=O) groups excluding carboxylic acids is 1. The number of fused-ring (bicyclic) bond motifs is 3. The van der Waals surface area contributed by atoms with E-state index in [4.69, 9.17) is 0 Å². The highest BCUT2D eigenvalue weighted by Gasteiger charge is 2.18. The van der Waals surface area contributed by atoms with Gasteiger partial charge in [-0.05, 0) is 38.8 Å². The third-order valence-electron chi connectivity index (χ3n) is 6.05. The third kappa shape index (κ3) is 3.92. The number of likely N-dealkylation sites (tertiary alicyclic amines) is 1. The zero-order chi connectivity index (χ0) is 20.4. The van der Waals surface area contributed by atoms with Crippen molar-refractivity contribution < 1.29 is 4.79 Å². The minimum absolute atomic E-state index is 0.0711. The maximum absolute atomic E-state index is 12.7. The first-order chi connectivity index (χ1) is 14.1. The average Bonchev–Trinajstić information content (AvgIpc) is 3.03. The van der Waals surface area contributed by atoms with Crippen LogP contribution in [0, 0.1) is 0 Å². The Bertz CT molecular complexity index is 1080. The molecule has 1 atom stereocenters. The van der Waals surface area contributed by atoms with Gasteiger partial charge in [-0.2, -0.15) is 5.10 Å². The van der Waals surface area contributed by atoms with Gasteiger partial charge in [0.1, 0.15) is 12.1 Å². The first-order valence-corrected chi connectivity index (χ1v) is 10.5. The SMILES string of the molecule is C[C@H]1CCCCN1CCCNC(=O)Cn1c2ccccc2c2cnn(C)c(=O)c21. The molecule has 1 aliphatic rings. The molecule has 1 amide bonds. The minimum atomic E-state index is -0.189. The molecular weight excluding hydrogens is 366 g/mol. The number of para-hydroxylation sites is 1. The number of carbonyl (C=O) groups is 1. The first-order valence-electron chi connectivity index (χ1n) is 10.5. The van der Waals surface area contributed by atoms with Gasteiger partial charge in [-0.25, -0.2) is 4.68 Å². The Balaban J connectivity index is 1.46. The number of piperidine rings is 1. The van der Waals surface area contributed by atoms with E-state index in [1.807, 2.05) is 28.8 Å². The molecule has 0 saturated carbocycles. The summed E-state index contributed by atoms with van der Waals surface area (Å²) in [4.78, 5) is 27.9. The van der Waals surface area contributed by atoms with E-state index >= 15 is 0 Å². The molecule has 3 heterocycles. The lowest BCUT2D eigenvalue weighted by atomic mass is 10.0. The van der Waals surface area contributed by atoms with Crippen LogP contribution in [0.25, 0.3) is 21.8 Å². The summed E-state index contributed by atoms with van der Waals surface area (Å²) >= 11 is 0. The second-order valence-electron chi connectivity index (χ2n) is 8.02. The average molecular weight is 396 g/mol. The summed E-state index contributed by atoms with van der Waals surface area (Å²) in [5.41, 5.74) is 1.22. The van der Waals surface area contributed by atoms with Gasteiger partial charge in [0, 0.05) is 42.5 Å². The normalized spacial score (nSPS) is 17.8. The van der Waals surface area contributed by atoms with Gasteiger partial charge in [0.05, 0.1) is 6.20 Å². The molecule has 0 unspecified atom stereocenters. The lowest BCUT2D eigenvalue weighted by Crippen LogP contribution is -2.39. The van der Waals surface area contributed by atoms with Crippen LogP contribution in [0.4, 0.5) is 0 Å². The Morgan fingerprint density at radius 2 is 2.07 bits per heavy atom. The smallest absolute Gasteiger partial charge is 0.291 e. The number of hydrogen-bond donors (Lipinski definition) is 1. The Hall–Kier alpha value is -2.67. The molecule has 1 saturated heterocycles. The van der Waals surface area contributed by atoms with Gasteiger partial charge in [-0.15, -0.1) is 0 Å². The highest BCUT2D eigenvalue weighted by molar-refractivity contribution is 6.07. The van der Waals surface area contributed by atoms with Gasteiger partial charge in [-0.3, -0.25) is 9.59 Å². The molecule has 3 aromatic rings. The summed E-state index contributed by atoms with van der Waals surface area (Å²) in [7, 11) is 1.63. The molecular formula is C22H29N5O2. The molecule has 0 bridgehead atoms. The fourth-order valence-electron chi connectivity index (χ4n) is 4.41. The molecule has 0 aliphatic carbocycles. The van der Waals surface area contributed by atoms with Crippen molar-refractivity contribution in [3.63, 3.8) is 0 Å². The topological polar surface area (TPSA) is 72.2 Å². The van der Waals surface area contributed by atoms with Crippen LogP contribution in [0.15, 0.2) is 35.3 Å². The fraction of sp³-hybridized carbons (Fsp3) is 0.500.